The van der Waals surface area contributed by atoms with Crippen LogP contribution in [0.25, 0.3) is 10.9 Å². The minimum absolute atomic E-state index is 0.316. The van der Waals surface area contributed by atoms with Crippen molar-refractivity contribution in [2.75, 3.05) is 6.61 Å². The average molecular weight is 518 g/mol. The Bertz CT molecular complexity index is 1080. The van der Waals surface area contributed by atoms with Crippen LogP contribution in [0.15, 0.2) is 54.6 Å². The number of esters is 1. The van der Waals surface area contributed by atoms with Crippen LogP contribution in [-0.2, 0) is 6.42 Å². The maximum Gasteiger partial charge on any atom is 0.362 e. The number of aryl methyl sites for hydroxylation is 1. The Kier molecular flexibility index (Phi) is 13.7. The van der Waals surface area contributed by atoms with Crippen molar-refractivity contribution < 1.29 is 14.3 Å². The molecule has 0 aliphatic rings. The molecule has 0 aliphatic carbocycles. The maximum atomic E-state index is 12.7. The van der Waals surface area contributed by atoms with Crippen LogP contribution in [0.1, 0.15) is 120 Å². The fourth-order valence-electron chi connectivity index (χ4n) is 4.74. The third-order valence-electron chi connectivity index (χ3n) is 7.08. The fourth-order valence-corrected chi connectivity index (χ4v) is 4.74. The van der Waals surface area contributed by atoms with Gasteiger partial charge in [-0.05, 0) is 67.3 Å². The first kappa shape index (κ1) is 29.7. The molecule has 0 spiro atoms. The van der Waals surface area contributed by atoms with Crippen LogP contribution in [0.5, 0.6) is 11.5 Å². The molecule has 0 saturated heterocycles. The first-order valence-electron chi connectivity index (χ1n) is 15.0. The lowest BCUT2D eigenvalue weighted by atomic mass is 10.0. The van der Waals surface area contributed by atoms with Crippen LogP contribution in [0, 0.1) is 0 Å². The average Bonchev–Trinajstić information content (AvgIpc) is 2.94. The van der Waals surface area contributed by atoms with E-state index in [1.807, 2.05) is 24.3 Å². The van der Waals surface area contributed by atoms with E-state index in [-0.39, 0.29) is 0 Å². The molecule has 2 aromatic carbocycles. The largest absolute Gasteiger partial charge is 0.494 e. The molecular formula is C34H47NO3. The summed E-state index contributed by atoms with van der Waals surface area (Å²) in [5.41, 5.74) is 2.47. The molecule has 0 amide bonds. The Hall–Kier alpha value is -2.88. The predicted molar refractivity (Wildman–Crippen MR) is 158 cm³/mol. The molecule has 4 nitrogen and oxygen atoms in total. The van der Waals surface area contributed by atoms with Crippen molar-refractivity contribution in [3.8, 4) is 11.5 Å². The highest BCUT2D eigenvalue weighted by molar-refractivity contribution is 5.92. The lowest BCUT2D eigenvalue weighted by Gasteiger charge is -2.08. The number of hydrogen-bond acceptors (Lipinski definition) is 4. The minimum Gasteiger partial charge on any atom is -0.494 e. The highest BCUT2D eigenvalue weighted by atomic mass is 16.5. The zero-order valence-electron chi connectivity index (χ0n) is 23.7. The molecule has 0 radical (unpaired) electrons. The molecule has 4 heteroatoms. The van der Waals surface area contributed by atoms with Crippen LogP contribution < -0.4 is 9.47 Å². The van der Waals surface area contributed by atoms with Crippen molar-refractivity contribution in [1.82, 2.24) is 4.98 Å². The Balaban J connectivity index is 1.41. The molecule has 0 aliphatic heterocycles. The molecule has 0 N–H and O–H groups in total. The van der Waals surface area contributed by atoms with Gasteiger partial charge in [0.05, 0.1) is 12.1 Å². The first-order valence-corrected chi connectivity index (χ1v) is 15.0. The highest BCUT2D eigenvalue weighted by Crippen LogP contribution is 2.21. The molecule has 1 aromatic heterocycles. The van der Waals surface area contributed by atoms with Gasteiger partial charge in [-0.3, -0.25) is 0 Å². The van der Waals surface area contributed by atoms with E-state index in [2.05, 4.69) is 31.0 Å². The van der Waals surface area contributed by atoms with Crippen molar-refractivity contribution in [3.63, 3.8) is 0 Å². The second-order valence-electron chi connectivity index (χ2n) is 10.4. The number of carbonyl (C=O) groups excluding carboxylic acids is 1. The summed E-state index contributed by atoms with van der Waals surface area (Å²) in [4.78, 5) is 17.3. The van der Waals surface area contributed by atoms with Crippen LogP contribution in [0.4, 0.5) is 0 Å². The van der Waals surface area contributed by atoms with E-state index in [1.165, 1.54) is 89.0 Å². The van der Waals surface area contributed by atoms with Gasteiger partial charge in [0.1, 0.15) is 17.2 Å². The number of aromatic nitrogens is 1. The lowest BCUT2D eigenvalue weighted by Crippen LogP contribution is -2.10. The van der Waals surface area contributed by atoms with Gasteiger partial charge in [0.2, 0.25) is 0 Å². The van der Waals surface area contributed by atoms with Gasteiger partial charge in [0.15, 0.2) is 0 Å². The van der Waals surface area contributed by atoms with E-state index < -0.39 is 5.97 Å². The number of carbonyl (C=O) groups is 1. The molecule has 0 fully saturated rings. The predicted octanol–water partition coefficient (Wildman–Crippen LogP) is 9.88. The Morgan fingerprint density at radius 1 is 0.658 bits per heavy atom. The third-order valence-corrected chi connectivity index (χ3v) is 7.08. The summed E-state index contributed by atoms with van der Waals surface area (Å²) in [5.74, 6) is 0.838. The minimum atomic E-state index is -0.448. The summed E-state index contributed by atoms with van der Waals surface area (Å²) in [6.45, 7) is 5.21. The van der Waals surface area contributed by atoms with Gasteiger partial charge >= 0.3 is 5.97 Å². The molecule has 0 atom stereocenters. The van der Waals surface area contributed by atoms with Gasteiger partial charge < -0.3 is 9.47 Å². The molecule has 0 saturated carbocycles. The molecule has 3 rings (SSSR count). The number of pyridine rings is 1. The summed E-state index contributed by atoms with van der Waals surface area (Å²) in [7, 11) is 0. The monoisotopic (exact) mass is 517 g/mol. The highest BCUT2D eigenvalue weighted by Gasteiger charge is 2.12. The van der Waals surface area contributed by atoms with E-state index in [4.69, 9.17) is 9.47 Å². The van der Waals surface area contributed by atoms with E-state index in [1.54, 1.807) is 18.2 Å². The summed E-state index contributed by atoms with van der Waals surface area (Å²) in [5, 5.41) is 1.06. The summed E-state index contributed by atoms with van der Waals surface area (Å²) in [6.07, 6.45) is 19.2. The second-order valence-corrected chi connectivity index (χ2v) is 10.4. The van der Waals surface area contributed by atoms with Gasteiger partial charge in [0, 0.05) is 5.39 Å². The SMILES string of the molecule is CCCCCCCCCCc1ccc2nc(C(=O)Oc3ccc(OCCCCCCCC)cc3)ccc2c1. The van der Waals surface area contributed by atoms with E-state index in [0.29, 0.717) is 18.1 Å². The Labute approximate surface area is 230 Å². The third kappa shape index (κ3) is 10.8. The molecule has 206 valence electrons. The number of benzene rings is 2. The quantitative estimate of drug-likeness (QED) is 0.0901. The van der Waals surface area contributed by atoms with Crippen molar-refractivity contribution in [3.05, 3.63) is 65.9 Å². The Morgan fingerprint density at radius 2 is 1.26 bits per heavy atom. The Morgan fingerprint density at radius 3 is 1.95 bits per heavy atom. The fraction of sp³-hybridized carbons (Fsp3) is 0.529. The van der Waals surface area contributed by atoms with Crippen LogP contribution in [-0.4, -0.2) is 17.6 Å². The lowest BCUT2D eigenvalue weighted by molar-refractivity contribution is 0.0729. The van der Waals surface area contributed by atoms with Crippen molar-refractivity contribution in [2.24, 2.45) is 0 Å². The number of ether oxygens (including phenoxy) is 2. The van der Waals surface area contributed by atoms with Gasteiger partial charge in [-0.2, -0.15) is 0 Å². The van der Waals surface area contributed by atoms with E-state index in [9.17, 15) is 4.79 Å². The van der Waals surface area contributed by atoms with Crippen molar-refractivity contribution in [1.29, 1.82) is 0 Å². The van der Waals surface area contributed by atoms with E-state index >= 15 is 0 Å². The molecule has 0 bridgehead atoms. The van der Waals surface area contributed by atoms with Crippen molar-refractivity contribution in [2.45, 2.75) is 110 Å². The van der Waals surface area contributed by atoms with Crippen LogP contribution in [0.2, 0.25) is 0 Å². The van der Waals surface area contributed by atoms with Gasteiger partial charge in [-0.25, -0.2) is 9.78 Å². The number of rotatable bonds is 19. The molecule has 3 aromatic rings. The zero-order chi connectivity index (χ0) is 26.8. The topological polar surface area (TPSA) is 48.4 Å². The molecule has 0 unspecified atom stereocenters. The number of unbranched alkanes of at least 4 members (excludes halogenated alkanes) is 12. The first-order chi connectivity index (χ1) is 18.7. The van der Waals surface area contributed by atoms with Crippen LogP contribution >= 0.6 is 0 Å². The summed E-state index contributed by atoms with van der Waals surface area (Å²) in [6, 6.07) is 17.3. The standard InChI is InChI=1S/C34H47NO3/c1-3-5-7-9-11-12-13-15-17-28-18-24-32-29(27-28)19-25-33(35-32)34(36)38-31-22-20-30(21-23-31)37-26-16-14-10-8-6-4-2/h18-25,27H,3-17,26H2,1-2H3. The number of fused-ring (bicyclic) bond motifs is 1. The van der Waals surface area contributed by atoms with Gasteiger partial charge in [-0.15, -0.1) is 0 Å². The maximum absolute atomic E-state index is 12.7. The zero-order valence-corrected chi connectivity index (χ0v) is 23.7. The molecule has 1 heterocycles. The van der Waals surface area contributed by atoms with Crippen LogP contribution in [0.3, 0.4) is 0 Å². The number of hydrogen-bond donors (Lipinski definition) is 0. The van der Waals surface area contributed by atoms with Gasteiger partial charge in [0.25, 0.3) is 0 Å². The number of nitrogens with zero attached hydrogens (tertiary/aromatic N) is 1. The molecular weight excluding hydrogens is 470 g/mol. The normalized spacial score (nSPS) is 11.1. The van der Waals surface area contributed by atoms with Gasteiger partial charge in [-0.1, -0.05) is 103 Å². The smallest absolute Gasteiger partial charge is 0.362 e. The summed E-state index contributed by atoms with van der Waals surface area (Å²) < 4.78 is 11.4. The van der Waals surface area contributed by atoms with Crippen molar-refractivity contribution >= 4 is 16.9 Å². The molecule has 38 heavy (non-hydrogen) atoms. The van der Waals surface area contributed by atoms with E-state index in [0.717, 1.165) is 29.5 Å². The second kappa shape index (κ2) is 17.6. The summed E-state index contributed by atoms with van der Waals surface area (Å²) >= 11 is 0.